The highest BCUT2D eigenvalue weighted by atomic mass is 15.1. The highest BCUT2D eigenvalue weighted by molar-refractivity contribution is 4.78. The molecule has 88 valence electrons. The molecule has 0 aromatic carbocycles. The van der Waals surface area contributed by atoms with Crippen molar-refractivity contribution in [1.29, 1.82) is 0 Å². The molecule has 1 aliphatic carbocycles. The maximum Gasteiger partial charge on any atom is 0.000979 e. The van der Waals surface area contributed by atoms with Crippen molar-refractivity contribution in [3.63, 3.8) is 0 Å². The van der Waals surface area contributed by atoms with Crippen LogP contribution in [0.3, 0.4) is 0 Å². The summed E-state index contributed by atoms with van der Waals surface area (Å²) in [6, 6.07) is 0. The van der Waals surface area contributed by atoms with Gasteiger partial charge in [-0.05, 0) is 63.5 Å². The lowest BCUT2D eigenvalue weighted by Crippen LogP contribution is -2.40. The van der Waals surface area contributed by atoms with Crippen LogP contribution in [0.2, 0.25) is 0 Å². The van der Waals surface area contributed by atoms with Crippen molar-refractivity contribution in [3.05, 3.63) is 0 Å². The summed E-state index contributed by atoms with van der Waals surface area (Å²) in [5.41, 5.74) is 5.58. The number of nitrogens with two attached hydrogens (primary N) is 1. The average molecular weight is 210 g/mol. The van der Waals surface area contributed by atoms with Gasteiger partial charge in [0.1, 0.15) is 0 Å². The molecule has 2 fully saturated rings. The molecule has 1 saturated heterocycles. The standard InChI is InChI=1S/C13H26N2/c14-8-2-6-13-7-3-9-15(11-13)10-12-4-1-5-12/h12-13H,1-11,14H2. The van der Waals surface area contributed by atoms with Crippen molar-refractivity contribution in [2.24, 2.45) is 17.6 Å². The van der Waals surface area contributed by atoms with Gasteiger partial charge >= 0.3 is 0 Å². The SMILES string of the molecule is NCCCC1CCCN(CC2CCC2)C1. The van der Waals surface area contributed by atoms with Gasteiger partial charge in [-0.3, -0.25) is 0 Å². The van der Waals surface area contributed by atoms with Gasteiger partial charge in [-0.15, -0.1) is 0 Å². The Morgan fingerprint density at radius 1 is 1.07 bits per heavy atom. The summed E-state index contributed by atoms with van der Waals surface area (Å²) in [6.45, 7) is 4.98. The lowest BCUT2D eigenvalue weighted by atomic mass is 9.84. The topological polar surface area (TPSA) is 29.3 Å². The molecule has 1 saturated carbocycles. The lowest BCUT2D eigenvalue weighted by Gasteiger charge is -2.37. The van der Waals surface area contributed by atoms with Gasteiger partial charge in [0, 0.05) is 13.1 Å². The minimum atomic E-state index is 0.874. The van der Waals surface area contributed by atoms with E-state index in [2.05, 4.69) is 4.90 Å². The van der Waals surface area contributed by atoms with E-state index in [1.54, 1.807) is 0 Å². The molecule has 1 atom stereocenters. The molecule has 15 heavy (non-hydrogen) atoms. The zero-order valence-corrected chi connectivity index (χ0v) is 9.96. The summed E-state index contributed by atoms with van der Waals surface area (Å²) in [6.07, 6.45) is 9.91. The predicted molar refractivity (Wildman–Crippen MR) is 64.8 cm³/mol. The van der Waals surface area contributed by atoms with Crippen LogP contribution in [-0.2, 0) is 0 Å². The van der Waals surface area contributed by atoms with Gasteiger partial charge in [-0.1, -0.05) is 6.42 Å². The third-order valence-corrected chi connectivity index (χ3v) is 4.16. The van der Waals surface area contributed by atoms with E-state index < -0.39 is 0 Å². The lowest BCUT2D eigenvalue weighted by molar-refractivity contribution is 0.120. The van der Waals surface area contributed by atoms with Gasteiger partial charge in [0.05, 0.1) is 0 Å². The first-order chi connectivity index (χ1) is 7.38. The molecule has 1 aliphatic heterocycles. The van der Waals surface area contributed by atoms with E-state index in [4.69, 9.17) is 5.73 Å². The third kappa shape index (κ3) is 3.46. The number of likely N-dealkylation sites (tertiary alicyclic amines) is 1. The van der Waals surface area contributed by atoms with Crippen molar-refractivity contribution in [2.75, 3.05) is 26.2 Å². The van der Waals surface area contributed by atoms with Crippen LogP contribution in [0.1, 0.15) is 44.9 Å². The quantitative estimate of drug-likeness (QED) is 0.754. The largest absolute Gasteiger partial charge is 0.330 e. The second-order valence-electron chi connectivity index (χ2n) is 5.50. The summed E-state index contributed by atoms with van der Waals surface area (Å²) in [4.78, 5) is 2.72. The van der Waals surface area contributed by atoms with Gasteiger partial charge in [0.15, 0.2) is 0 Å². The second-order valence-corrected chi connectivity index (χ2v) is 5.50. The Morgan fingerprint density at radius 3 is 2.53 bits per heavy atom. The molecule has 0 amide bonds. The van der Waals surface area contributed by atoms with E-state index >= 15 is 0 Å². The van der Waals surface area contributed by atoms with Crippen molar-refractivity contribution < 1.29 is 0 Å². The van der Waals surface area contributed by atoms with Crippen molar-refractivity contribution in [3.8, 4) is 0 Å². The van der Waals surface area contributed by atoms with Crippen LogP contribution in [0.4, 0.5) is 0 Å². The smallest absolute Gasteiger partial charge is 0.000979 e. The first kappa shape index (κ1) is 11.4. The fourth-order valence-corrected chi connectivity index (χ4v) is 3.00. The van der Waals surface area contributed by atoms with Crippen LogP contribution in [0.25, 0.3) is 0 Å². The van der Waals surface area contributed by atoms with Gasteiger partial charge in [-0.2, -0.15) is 0 Å². The Kier molecular flexibility index (Phi) is 4.45. The van der Waals surface area contributed by atoms with Crippen molar-refractivity contribution in [2.45, 2.75) is 44.9 Å². The monoisotopic (exact) mass is 210 g/mol. The number of nitrogens with zero attached hydrogens (tertiary/aromatic N) is 1. The van der Waals surface area contributed by atoms with E-state index in [9.17, 15) is 0 Å². The molecule has 0 spiro atoms. The predicted octanol–water partition coefficient (Wildman–Crippen LogP) is 2.24. The first-order valence-electron chi connectivity index (χ1n) is 6.81. The molecule has 2 N–H and O–H groups in total. The van der Waals surface area contributed by atoms with Crippen LogP contribution in [0, 0.1) is 11.8 Å². The molecule has 1 unspecified atom stereocenters. The molecule has 2 aliphatic rings. The molecule has 2 nitrogen and oxygen atoms in total. The van der Waals surface area contributed by atoms with E-state index in [1.807, 2.05) is 0 Å². The average Bonchev–Trinajstić information content (AvgIpc) is 2.21. The second kappa shape index (κ2) is 5.86. The van der Waals surface area contributed by atoms with E-state index in [1.165, 1.54) is 64.6 Å². The maximum atomic E-state index is 5.58. The molecular weight excluding hydrogens is 184 g/mol. The van der Waals surface area contributed by atoms with Gasteiger partial charge in [-0.25, -0.2) is 0 Å². The fourth-order valence-electron chi connectivity index (χ4n) is 3.00. The number of rotatable bonds is 5. The number of hydrogen-bond acceptors (Lipinski definition) is 2. The molecule has 2 rings (SSSR count). The summed E-state index contributed by atoms with van der Waals surface area (Å²) in [5, 5.41) is 0. The Hall–Kier alpha value is -0.0800. The summed E-state index contributed by atoms with van der Waals surface area (Å²) in [7, 11) is 0. The fraction of sp³-hybridized carbons (Fsp3) is 1.00. The minimum absolute atomic E-state index is 0.874. The van der Waals surface area contributed by atoms with Crippen LogP contribution in [0.5, 0.6) is 0 Å². The van der Waals surface area contributed by atoms with Gasteiger partial charge in [0.2, 0.25) is 0 Å². The van der Waals surface area contributed by atoms with Crippen LogP contribution >= 0.6 is 0 Å². The number of hydrogen-bond donors (Lipinski definition) is 1. The number of piperidine rings is 1. The summed E-state index contributed by atoms with van der Waals surface area (Å²) in [5.74, 6) is 1.99. The molecule has 0 aromatic heterocycles. The molecular formula is C13H26N2. The molecule has 0 aromatic rings. The van der Waals surface area contributed by atoms with Gasteiger partial charge < -0.3 is 10.6 Å². The van der Waals surface area contributed by atoms with Gasteiger partial charge in [0.25, 0.3) is 0 Å². The molecule has 0 bridgehead atoms. The molecule has 2 heteroatoms. The molecule has 0 radical (unpaired) electrons. The zero-order chi connectivity index (χ0) is 10.5. The maximum absolute atomic E-state index is 5.58. The van der Waals surface area contributed by atoms with Crippen LogP contribution in [0.15, 0.2) is 0 Å². The van der Waals surface area contributed by atoms with Crippen molar-refractivity contribution in [1.82, 2.24) is 4.90 Å². The summed E-state index contributed by atoms with van der Waals surface area (Å²) < 4.78 is 0. The molecule has 1 heterocycles. The van der Waals surface area contributed by atoms with Crippen molar-refractivity contribution >= 4 is 0 Å². The Morgan fingerprint density at radius 2 is 1.87 bits per heavy atom. The van der Waals surface area contributed by atoms with E-state index in [-0.39, 0.29) is 0 Å². The highest BCUT2D eigenvalue weighted by Gasteiger charge is 2.24. The Balaban J connectivity index is 1.66. The first-order valence-corrected chi connectivity index (χ1v) is 6.81. The van der Waals surface area contributed by atoms with E-state index in [0.717, 1.165) is 18.4 Å². The van der Waals surface area contributed by atoms with E-state index in [0.29, 0.717) is 0 Å². The normalized spacial score (nSPS) is 29.0. The zero-order valence-electron chi connectivity index (χ0n) is 9.96. The van der Waals surface area contributed by atoms with Crippen LogP contribution < -0.4 is 5.73 Å². The van der Waals surface area contributed by atoms with Crippen LogP contribution in [-0.4, -0.2) is 31.1 Å². The third-order valence-electron chi connectivity index (χ3n) is 4.16. The highest BCUT2D eigenvalue weighted by Crippen LogP contribution is 2.29. The summed E-state index contributed by atoms with van der Waals surface area (Å²) >= 11 is 0. The Bertz CT molecular complexity index is 177. The minimum Gasteiger partial charge on any atom is -0.330 e. The Labute approximate surface area is 94.2 Å².